The number of hydrogen-bond acceptors (Lipinski definition) is 4. The fourth-order valence-corrected chi connectivity index (χ4v) is 5.26. The second-order valence-corrected chi connectivity index (χ2v) is 8.52. The molecule has 2 heterocycles. The van der Waals surface area contributed by atoms with Crippen LogP contribution in [0.2, 0.25) is 5.28 Å². The molecule has 0 saturated carbocycles. The molecular weight excluding hydrogens is 374 g/mol. The van der Waals surface area contributed by atoms with Crippen LogP contribution in [0.1, 0.15) is 50.7 Å². The summed E-state index contributed by atoms with van der Waals surface area (Å²) in [6.45, 7) is 6.38. The van der Waals surface area contributed by atoms with Gasteiger partial charge in [0, 0.05) is 24.0 Å². The molecule has 0 saturated heterocycles. The third kappa shape index (κ3) is 3.70. The highest BCUT2D eigenvalue weighted by molar-refractivity contribution is 7.17. The summed E-state index contributed by atoms with van der Waals surface area (Å²) < 4.78 is 0. The van der Waals surface area contributed by atoms with Crippen molar-refractivity contribution in [2.24, 2.45) is 0 Å². The molecule has 0 N–H and O–H groups in total. The zero-order chi connectivity index (χ0) is 18.8. The third-order valence-electron chi connectivity index (χ3n) is 5.33. The topological polar surface area (TPSA) is 29.0 Å². The first-order chi connectivity index (χ1) is 13.2. The quantitative estimate of drug-likeness (QED) is 0.442. The number of benzene rings is 1. The standard InChI is InChI=1S/C22H26ClN3S/c1-3-11-26(12-4-2)20-19-18(14-27-21(19)25-22(23)24-20)17-10-9-15-7-5-6-8-16(15)13-17/h9-10,13-14H,3-8,11-12H2,1-2H3. The van der Waals surface area contributed by atoms with Crippen LogP contribution in [0.5, 0.6) is 0 Å². The fourth-order valence-electron chi connectivity index (χ4n) is 4.10. The van der Waals surface area contributed by atoms with E-state index >= 15 is 0 Å². The predicted molar refractivity (Wildman–Crippen MR) is 117 cm³/mol. The van der Waals surface area contributed by atoms with Gasteiger partial charge in [0.1, 0.15) is 10.6 Å². The van der Waals surface area contributed by atoms with Crippen molar-refractivity contribution >= 4 is 39.0 Å². The van der Waals surface area contributed by atoms with E-state index < -0.39 is 0 Å². The minimum absolute atomic E-state index is 0.341. The Kier molecular flexibility index (Phi) is 5.65. The molecule has 3 nitrogen and oxygen atoms in total. The Labute approximate surface area is 170 Å². The monoisotopic (exact) mass is 399 g/mol. The van der Waals surface area contributed by atoms with Gasteiger partial charge in [0.2, 0.25) is 5.28 Å². The largest absolute Gasteiger partial charge is 0.356 e. The van der Waals surface area contributed by atoms with Crippen molar-refractivity contribution in [2.45, 2.75) is 52.4 Å². The lowest BCUT2D eigenvalue weighted by molar-refractivity contribution is 0.686. The van der Waals surface area contributed by atoms with Gasteiger partial charge in [0.25, 0.3) is 0 Å². The van der Waals surface area contributed by atoms with E-state index in [0.717, 1.165) is 42.0 Å². The first kappa shape index (κ1) is 18.7. The van der Waals surface area contributed by atoms with Crippen LogP contribution in [0.3, 0.4) is 0 Å². The first-order valence-corrected chi connectivity index (χ1v) is 11.3. The minimum atomic E-state index is 0.341. The zero-order valence-electron chi connectivity index (χ0n) is 16.1. The second-order valence-electron chi connectivity index (χ2n) is 7.32. The van der Waals surface area contributed by atoms with Gasteiger partial charge in [-0.2, -0.15) is 4.98 Å². The highest BCUT2D eigenvalue weighted by Gasteiger charge is 2.20. The van der Waals surface area contributed by atoms with Crippen LogP contribution < -0.4 is 4.90 Å². The van der Waals surface area contributed by atoms with E-state index in [2.05, 4.69) is 52.3 Å². The molecule has 0 fully saturated rings. The van der Waals surface area contributed by atoms with Gasteiger partial charge >= 0.3 is 0 Å². The second kappa shape index (κ2) is 8.15. The lowest BCUT2D eigenvalue weighted by Crippen LogP contribution is -2.26. The molecule has 0 atom stereocenters. The number of thiophene rings is 1. The molecule has 0 amide bonds. The number of fused-ring (bicyclic) bond motifs is 2. The molecule has 0 bridgehead atoms. The summed E-state index contributed by atoms with van der Waals surface area (Å²) in [7, 11) is 0. The SMILES string of the molecule is CCCN(CCC)c1nc(Cl)nc2scc(-c3ccc4c(c3)CCCC4)c12. The summed E-state index contributed by atoms with van der Waals surface area (Å²) in [6.07, 6.45) is 7.19. The van der Waals surface area contributed by atoms with Crippen molar-refractivity contribution in [3.8, 4) is 11.1 Å². The van der Waals surface area contributed by atoms with Crippen LogP contribution >= 0.6 is 22.9 Å². The number of nitrogens with zero attached hydrogens (tertiary/aromatic N) is 3. The number of hydrogen-bond donors (Lipinski definition) is 0. The van der Waals surface area contributed by atoms with Crippen LogP contribution in [-0.2, 0) is 12.8 Å². The molecule has 0 unspecified atom stereocenters. The maximum Gasteiger partial charge on any atom is 0.225 e. The van der Waals surface area contributed by atoms with Crippen molar-refractivity contribution in [3.05, 3.63) is 40.0 Å². The summed E-state index contributed by atoms with van der Waals surface area (Å²) in [5.74, 6) is 0.989. The molecule has 0 aliphatic heterocycles. The van der Waals surface area contributed by atoms with Crippen LogP contribution in [0.15, 0.2) is 23.6 Å². The Morgan fingerprint density at radius 3 is 2.52 bits per heavy atom. The van der Waals surface area contributed by atoms with Crippen molar-refractivity contribution in [3.63, 3.8) is 0 Å². The molecule has 1 aliphatic rings. The molecule has 4 rings (SSSR count). The Morgan fingerprint density at radius 1 is 1.04 bits per heavy atom. The van der Waals surface area contributed by atoms with E-state index in [1.54, 1.807) is 11.3 Å². The average Bonchev–Trinajstić information content (AvgIpc) is 3.10. The number of rotatable bonds is 6. The molecule has 5 heteroatoms. The van der Waals surface area contributed by atoms with Crippen molar-refractivity contribution < 1.29 is 0 Å². The Balaban J connectivity index is 1.87. The van der Waals surface area contributed by atoms with Gasteiger partial charge in [-0.3, -0.25) is 0 Å². The van der Waals surface area contributed by atoms with E-state index in [0.29, 0.717) is 5.28 Å². The van der Waals surface area contributed by atoms with E-state index in [1.165, 1.54) is 47.9 Å². The number of anilines is 1. The van der Waals surface area contributed by atoms with E-state index in [9.17, 15) is 0 Å². The van der Waals surface area contributed by atoms with Gasteiger partial charge in [-0.15, -0.1) is 11.3 Å². The fraction of sp³-hybridized carbons (Fsp3) is 0.455. The molecule has 1 aromatic carbocycles. The maximum atomic E-state index is 6.28. The normalized spacial score (nSPS) is 13.7. The molecule has 3 aromatic rings. The Hall–Kier alpha value is -1.65. The van der Waals surface area contributed by atoms with Gasteiger partial charge in [0.05, 0.1) is 5.39 Å². The number of aryl methyl sites for hydroxylation is 2. The van der Waals surface area contributed by atoms with Gasteiger partial charge in [-0.25, -0.2) is 4.98 Å². The van der Waals surface area contributed by atoms with Crippen molar-refractivity contribution in [1.29, 1.82) is 0 Å². The van der Waals surface area contributed by atoms with Gasteiger partial charge in [-0.05, 0) is 66.8 Å². The lowest BCUT2D eigenvalue weighted by atomic mass is 9.89. The molecule has 142 valence electrons. The number of halogens is 1. The van der Waals surface area contributed by atoms with E-state index in [1.807, 2.05) is 0 Å². The van der Waals surface area contributed by atoms with E-state index in [-0.39, 0.29) is 0 Å². The average molecular weight is 400 g/mol. The smallest absolute Gasteiger partial charge is 0.225 e. The molecule has 27 heavy (non-hydrogen) atoms. The van der Waals surface area contributed by atoms with Gasteiger partial charge < -0.3 is 4.90 Å². The lowest BCUT2D eigenvalue weighted by Gasteiger charge is -2.24. The Morgan fingerprint density at radius 2 is 1.78 bits per heavy atom. The summed E-state index contributed by atoms with van der Waals surface area (Å²) in [4.78, 5) is 12.5. The first-order valence-electron chi connectivity index (χ1n) is 10.0. The van der Waals surface area contributed by atoms with Crippen LogP contribution in [0.25, 0.3) is 21.3 Å². The summed E-state index contributed by atoms with van der Waals surface area (Å²) >= 11 is 7.94. The van der Waals surface area contributed by atoms with Gasteiger partial charge in [-0.1, -0.05) is 32.0 Å². The Bertz CT molecular complexity index is 944. The molecule has 0 spiro atoms. The molecular formula is C22H26ClN3S. The highest BCUT2D eigenvalue weighted by atomic mass is 35.5. The van der Waals surface area contributed by atoms with Gasteiger partial charge in [0.15, 0.2) is 0 Å². The predicted octanol–water partition coefficient (Wildman–Crippen LogP) is 6.52. The summed E-state index contributed by atoms with van der Waals surface area (Å²) in [5.41, 5.74) is 5.55. The highest BCUT2D eigenvalue weighted by Crippen LogP contribution is 2.40. The van der Waals surface area contributed by atoms with Crippen LogP contribution in [-0.4, -0.2) is 23.1 Å². The summed E-state index contributed by atoms with van der Waals surface area (Å²) in [5, 5.41) is 3.72. The van der Waals surface area contributed by atoms with Crippen molar-refractivity contribution in [1.82, 2.24) is 9.97 Å². The van der Waals surface area contributed by atoms with Crippen LogP contribution in [0, 0.1) is 0 Å². The van der Waals surface area contributed by atoms with Crippen molar-refractivity contribution in [2.75, 3.05) is 18.0 Å². The summed E-state index contributed by atoms with van der Waals surface area (Å²) in [6, 6.07) is 6.98. The molecule has 0 radical (unpaired) electrons. The minimum Gasteiger partial charge on any atom is -0.356 e. The molecule has 1 aliphatic carbocycles. The number of aromatic nitrogens is 2. The third-order valence-corrected chi connectivity index (χ3v) is 6.37. The molecule has 2 aromatic heterocycles. The zero-order valence-corrected chi connectivity index (χ0v) is 17.7. The maximum absolute atomic E-state index is 6.28. The van der Waals surface area contributed by atoms with Crippen LogP contribution in [0.4, 0.5) is 5.82 Å². The van der Waals surface area contributed by atoms with E-state index in [4.69, 9.17) is 11.6 Å².